The topological polar surface area (TPSA) is 74.2 Å². The molecule has 1 aromatic rings. The summed E-state index contributed by atoms with van der Waals surface area (Å²) in [7, 11) is 0. The second-order valence-corrected chi connectivity index (χ2v) is 2.93. The van der Waals surface area contributed by atoms with Crippen molar-refractivity contribution in [3.8, 4) is 5.75 Å². The van der Waals surface area contributed by atoms with Crippen molar-refractivity contribution in [2.24, 2.45) is 5.73 Å². The summed E-state index contributed by atoms with van der Waals surface area (Å²) in [6.45, 7) is -0.0514. The zero-order chi connectivity index (χ0) is 11.6. The van der Waals surface area contributed by atoms with E-state index in [1.165, 1.54) is 6.20 Å². The number of nitrogen functional groups attached to an aromatic ring is 1. The number of halogens is 4. The van der Waals surface area contributed by atoms with E-state index in [1.54, 1.807) is 0 Å². The van der Waals surface area contributed by atoms with Crippen LogP contribution in [0, 0.1) is 0 Å². The molecule has 0 saturated carbocycles. The first-order valence-electron chi connectivity index (χ1n) is 3.74. The Hall–Kier alpha value is -1.21. The van der Waals surface area contributed by atoms with Crippen LogP contribution in [0.15, 0.2) is 6.20 Å². The average Bonchev–Trinajstić information content (AvgIpc) is 2.11. The predicted octanol–water partition coefficient (Wildman–Crippen LogP) is 1.67. The van der Waals surface area contributed by atoms with Gasteiger partial charge in [0.1, 0.15) is 0 Å². The number of rotatable bonds is 2. The number of ether oxygens (including phenoxy) is 1. The van der Waals surface area contributed by atoms with Crippen LogP contribution in [0.2, 0.25) is 5.15 Å². The summed E-state index contributed by atoms with van der Waals surface area (Å²) in [4.78, 5) is 3.48. The number of nitrogens with zero attached hydrogens (tertiary/aromatic N) is 1. The highest BCUT2D eigenvalue weighted by Gasteiger charge is 2.33. The molecule has 0 atom stereocenters. The van der Waals surface area contributed by atoms with E-state index in [0.29, 0.717) is 0 Å². The molecular weight excluding hydrogens is 235 g/mol. The molecular formula is C7H7ClF3N3O. The number of hydrogen-bond acceptors (Lipinski definition) is 4. The van der Waals surface area contributed by atoms with E-state index < -0.39 is 17.3 Å². The lowest BCUT2D eigenvalue weighted by molar-refractivity contribution is -0.274. The van der Waals surface area contributed by atoms with Crippen LogP contribution in [0.4, 0.5) is 18.9 Å². The van der Waals surface area contributed by atoms with Crippen LogP contribution in [0.25, 0.3) is 0 Å². The van der Waals surface area contributed by atoms with Gasteiger partial charge in [0.25, 0.3) is 0 Å². The Labute approximate surface area is 88.0 Å². The van der Waals surface area contributed by atoms with Crippen molar-refractivity contribution in [1.82, 2.24) is 4.98 Å². The van der Waals surface area contributed by atoms with Crippen molar-refractivity contribution >= 4 is 17.3 Å². The van der Waals surface area contributed by atoms with Crippen LogP contribution in [0.3, 0.4) is 0 Å². The SMILES string of the molecule is NCc1cnc(Cl)c(OC(F)(F)F)c1N. The standard InChI is InChI=1S/C7H7ClF3N3O/c8-6-5(15-7(9,10)11)4(13)3(1-12)2-14-6/h2H,1,12H2,(H2,13,14). The van der Waals surface area contributed by atoms with Gasteiger partial charge in [0.2, 0.25) is 0 Å². The first-order valence-corrected chi connectivity index (χ1v) is 4.11. The van der Waals surface area contributed by atoms with Crippen LogP contribution in [-0.4, -0.2) is 11.3 Å². The van der Waals surface area contributed by atoms with Gasteiger partial charge in [-0.2, -0.15) is 0 Å². The highest BCUT2D eigenvalue weighted by Crippen LogP contribution is 2.35. The zero-order valence-corrected chi connectivity index (χ0v) is 8.06. The molecule has 0 saturated heterocycles. The first-order chi connectivity index (χ1) is 6.85. The molecule has 8 heteroatoms. The fourth-order valence-corrected chi connectivity index (χ4v) is 1.08. The molecule has 15 heavy (non-hydrogen) atoms. The van der Waals surface area contributed by atoms with Gasteiger partial charge in [-0.1, -0.05) is 11.6 Å². The molecule has 1 rings (SSSR count). The molecule has 1 heterocycles. The van der Waals surface area contributed by atoms with E-state index in [-0.39, 0.29) is 17.8 Å². The van der Waals surface area contributed by atoms with Gasteiger partial charge in [-0.3, -0.25) is 0 Å². The first kappa shape index (κ1) is 11.9. The number of pyridine rings is 1. The summed E-state index contributed by atoms with van der Waals surface area (Å²) < 4.78 is 39.5. The summed E-state index contributed by atoms with van der Waals surface area (Å²) in [5, 5.41) is -0.456. The van der Waals surface area contributed by atoms with Gasteiger partial charge >= 0.3 is 6.36 Å². The van der Waals surface area contributed by atoms with Crippen LogP contribution < -0.4 is 16.2 Å². The van der Waals surface area contributed by atoms with Crippen LogP contribution in [0.1, 0.15) is 5.56 Å². The Kier molecular flexibility index (Phi) is 3.25. The average molecular weight is 242 g/mol. The van der Waals surface area contributed by atoms with Crippen LogP contribution in [-0.2, 0) is 6.54 Å². The Bertz CT molecular complexity index is 369. The predicted molar refractivity (Wildman–Crippen MR) is 48.2 cm³/mol. The molecule has 0 fully saturated rings. The maximum atomic E-state index is 11.9. The maximum absolute atomic E-state index is 11.9. The summed E-state index contributed by atoms with van der Waals surface area (Å²) in [5.41, 5.74) is 10.6. The van der Waals surface area contributed by atoms with E-state index in [2.05, 4.69) is 9.72 Å². The molecule has 0 amide bonds. The monoisotopic (exact) mass is 241 g/mol. The van der Waals surface area contributed by atoms with Crippen molar-refractivity contribution < 1.29 is 17.9 Å². The molecule has 0 aromatic carbocycles. The molecule has 4 N–H and O–H groups in total. The summed E-state index contributed by atoms with van der Waals surface area (Å²) >= 11 is 5.41. The number of anilines is 1. The van der Waals surface area contributed by atoms with E-state index in [0.717, 1.165) is 0 Å². The lowest BCUT2D eigenvalue weighted by Crippen LogP contribution is -2.19. The minimum absolute atomic E-state index is 0.0514. The highest BCUT2D eigenvalue weighted by atomic mass is 35.5. The van der Waals surface area contributed by atoms with E-state index in [9.17, 15) is 13.2 Å². The van der Waals surface area contributed by atoms with Gasteiger partial charge in [-0.05, 0) is 0 Å². The molecule has 84 valence electrons. The van der Waals surface area contributed by atoms with Gasteiger partial charge < -0.3 is 16.2 Å². The fraction of sp³-hybridized carbons (Fsp3) is 0.286. The molecule has 1 aromatic heterocycles. The lowest BCUT2D eigenvalue weighted by Gasteiger charge is -2.13. The number of aromatic nitrogens is 1. The van der Waals surface area contributed by atoms with Crippen molar-refractivity contribution in [3.05, 3.63) is 16.9 Å². The quantitative estimate of drug-likeness (QED) is 0.773. The summed E-state index contributed by atoms with van der Waals surface area (Å²) in [5.74, 6) is -0.716. The van der Waals surface area contributed by atoms with E-state index in [1.807, 2.05) is 0 Å². The molecule has 0 bridgehead atoms. The van der Waals surface area contributed by atoms with Gasteiger partial charge in [0.15, 0.2) is 10.9 Å². The molecule has 0 aliphatic rings. The second kappa shape index (κ2) is 4.11. The Balaban J connectivity index is 3.15. The number of hydrogen-bond donors (Lipinski definition) is 2. The van der Waals surface area contributed by atoms with Crippen molar-refractivity contribution in [2.45, 2.75) is 12.9 Å². The van der Waals surface area contributed by atoms with Gasteiger partial charge in [0.05, 0.1) is 5.69 Å². The number of alkyl halides is 3. The minimum Gasteiger partial charge on any atom is -0.400 e. The van der Waals surface area contributed by atoms with Crippen molar-refractivity contribution in [3.63, 3.8) is 0 Å². The third kappa shape index (κ3) is 2.87. The molecule has 0 aliphatic carbocycles. The van der Waals surface area contributed by atoms with Crippen LogP contribution >= 0.6 is 11.6 Å². The third-order valence-electron chi connectivity index (χ3n) is 1.55. The largest absolute Gasteiger partial charge is 0.573 e. The van der Waals surface area contributed by atoms with Crippen molar-refractivity contribution in [2.75, 3.05) is 5.73 Å². The maximum Gasteiger partial charge on any atom is 0.573 e. The fourth-order valence-electron chi connectivity index (χ4n) is 0.895. The molecule has 0 aliphatic heterocycles. The molecule has 0 radical (unpaired) electrons. The Morgan fingerprint density at radius 3 is 2.53 bits per heavy atom. The molecule has 0 unspecified atom stereocenters. The van der Waals surface area contributed by atoms with E-state index >= 15 is 0 Å². The van der Waals surface area contributed by atoms with Gasteiger partial charge in [-0.25, -0.2) is 4.98 Å². The van der Waals surface area contributed by atoms with E-state index in [4.69, 9.17) is 23.1 Å². The normalized spacial score (nSPS) is 11.5. The smallest absolute Gasteiger partial charge is 0.400 e. The van der Waals surface area contributed by atoms with Crippen LogP contribution in [0.5, 0.6) is 5.75 Å². The highest BCUT2D eigenvalue weighted by molar-refractivity contribution is 6.31. The Morgan fingerprint density at radius 1 is 1.47 bits per heavy atom. The summed E-state index contributed by atoms with van der Waals surface area (Å²) in [6, 6.07) is 0. The lowest BCUT2D eigenvalue weighted by atomic mass is 10.2. The number of nitrogens with two attached hydrogens (primary N) is 2. The molecule has 0 spiro atoms. The Morgan fingerprint density at radius 2 is 2.07 bits per heavy atom. The summed E-state index contributed by atoms with van der Waals surface area (Å²) in [6.07, 6.45) is -3.67. The minimum atomic E-state index is -4.87. The van der Waals surface area contributed by atoms with Gasteiger partial charge in [-0.15, -0.1) is 13.2 Å². The third-order valence-corrected chi connectivity index (χ3v) is 1.82. The molecule has 4 nitrogen and oxygen atoms in total. The van der Waals surface area contributed by atoms with Gasteiger partial charge in [0, 0.05) is 18.3 Å². The second-order valence-electron chi connectivity index (χ2n) is 2.57. The zero-order valence-electron chi connectivity index (χ0n) is 7.31. The van der Waals surface area contributed by atoms with Crippen molar-refractivity contribution in [1.29, 1.82) is 0 Å².